The molecule has 0 radical (unpaired) electrons. The van der Waals surface area contributed by atoms with E-state index in [-0.39, 0.29) is 17.2 Å². The highest BCUT2D eigenvalue weighted by Crippen LogP contribution is 2.30. The third kappa shape index (κ3) is 6.53. The van der Waals surface area contributed by atoms with Gasteiger partial charge < -0.3 is 20.9 Å². The molecule has 208 valence electrons. The van der Waals surface area contributed by atoms with Gasteiger partial charge in [0.2, 0.25) is 0 Å². The summed E-state index contributed by atoms with van der Waals surface area (Å²) in [6.07, 6.45) is 9.50. The number of rotatable bonds is 10. The van der Waals surface area contributed by atoms with Gasteiger partial charge in [-0.1, -0.05) is 0 Å². The lowest BCUT2D eigenvalue weighted by molar-refractivity contribution is 0.0939. The van der Waals surface area contributed by atoms with E-state index >= 15 is 0 Å². The van der Waals surface area contributed by atoms with Gasteiger partial charge >= 0.3 is 0 Å². The molecule has 1 amide bonds. The van der Waals surface area contributed by atoms with Gasteiger partial charge in [0.1, 0.15) is 11.6 Å². The van der Waals surface area contributed by atoms with Crippen LogP contribution in [0.1, 0.15) is 49.9 Å². The number of carbonyl (C=O) groups is 1. The van der Waals surface area contributed by atoms with Crippen molar-refractivity contribution in [1.29, 1.82) is 0 Å². The number of nitrogens with zero attached hydrogens (tertiary/aromatic N) is 6. The maximum Gasteiger partial charge on any atom is 0.256 e. The fraction of sp³-hybridized carbons (Fsp3) is 0.500. The predicted molar refractivity (Wildman–Crippen MR) is 149 cm³/mol. The molecule has 13 heteroatoms. The van der Waals surface area contributed by atoms with Crippen LogP contribution in [0.25, 0.3) is 11.4 Å². The topological polar surface area (TPSA) is 147 Å². The molecule has 3 N–H and O–H groups in total. The van der Waals surface area contributed by atoms with Crippen LogP contribution in [0.3, 0.4) is 0 Å². The zero-order valence-corrected chi connectivity index (χ0v) is 23.3. The van der Waals surface area contributed by atoms with Gasteiger partial charge in [0.25, 0.3) is 15.9 Å². The maximum atomic E-state index is 13.1. The van der Waals surface area contributed by atoms with Gasteiger partial charge in [-0.2, -0.15) is 9.19 Å². The van der Waals surface area contributed by atoms with Crippen molar-refractivity contribution in [2.45, 2.75) is 50.8 Å². The summed E-state index contributed by atoms with van der Waals surface area (Å²) in [6, 6.07) is 3.58. The van der Waals surface area contributed by atoms with Crippen molar-refractivity contribution in [2.24, 2.45) is 5.92 Å². The first-order valence-corrected chi connectivity index (χ1v) is 14.8. The van der Waals surface area contributed by atoms with Crippen molar-refractivity contribution in [3.8, 4) is 11.4 Å². The molecule has 2 fully saturated rings. The van der Waals surface area contributed by atoms with Crippen molar-refractivity contribution < 1.29 is 13.2 Å². The molecule has 4 heterocycles. The summed E-state index contributed by atoms with van der Waals surface area (Å²) in [6.45, 7) is 6.77. The average Bonchev–Trinajstić information content (AvgIpc) is 3.65. The van der Waals surface area contributed by atoms with E-state index in [2.05, 4.69) is 47.9 Å². The number of hydrogen-bond acceptors (Lipinski definition) is 10. The molecule has 1 saturated carbocycles. The first-order chi connectivity index (χ1) is 18.7. The van der Waals surface area contributed by atoms with E-state index in [1.165, 1.54) is 12.4 Å². The molecule has 1 saturated heterocycles. The number of piperidine rings is 1. The summed E-state index contributed by atoms with van der Waals surface area (Å²) >= 11 is 0. The monoisotopic (exact) mass is 553 g/mol. The van der Waals surface area contributed by atoms with Crippen molar-refractivity contribution >= 4 is 33.3 Å². The van der Waals surface area contributed by atoms with Gasteiger partial charge in [0, 0.05) is 31.0 Å². The molecular formula is C26H35N9O3S. The summed E-state index contributed by atoms with van der Waals surface area (Å²) in [5.74, 6) is 1.64. The van der Waals surface area contributed by atoms with Crippen LogP contribution in [0.15, 0.2) is 36.9 Å². The predicted octanol–water partition coefficient (Wildman–Crippen LogP) is 2.71. The molecule has 39 heavy (non-hydrogen) atoms. The Morgan fingerprint density at radius 3 is 2.59 bits per heavy atom. The average molecular weight is 554 g/mol. The minimum atomic E-state index is -3.47. The highest BCUT2D eigenvalue weighted by molar-refractivity contribution is 7.90. The maximum absolute atomic E-state index is 13.1. The summed E-state index contributed by atoms with van der Waals surface area (Å²) in [7, 11) is -1.34. The van der Waals surface area contributed by atoms with Gasteiger partial charge in [-0.05, 0) is 71.7 Å². The number of hydrogen-bond donors (Lipinski definition) is 3. The zero-order valence-electron chi connectivity index (χ0n) is 22.5. The quantitative estimate of drug-likeness (QED) is 0.342. The largest absolute Gasteiger partial charge is 0.382 e. The fourth-order valence-corrected chi connectivity index (χ4v) is 5.99. The summed E-state index contributed by atoms with van der Waals surface area (Å²) < 4.78 is 25.9. The highest BCUT2D eigenvalue weighted by atomic mass is 32.2. The number of carbonyl (C=O) groups excluding carboxylic acids is 1. The van der Waals surface area contributed by atoms with Crippen LogP contribution in [0, 0.1) is 5.92 Å². The van der Waals surface area contributed by atoms with Crippen LogP contribution >= 0.6 is 0 Å². The third-order valence-electron chi connectivity index (χ3n) is 6.92. The van der Waals surface area contributed by atoms with Gasteiger partial charge in [-0.15, -0.1) is 0 Å². The Hall–Kier alpha value is -3.58. The molecule has 5 rings (SSSR count). The van der Waals surface area contributed by atoms with E-state index in [1.54, 1.807) is 24.5 Å². The van der Waals surface area contributed by atoms with E-state index in [9.17, 15) is 13.2 Å². The van der Waals surface area contributed by atoms with E-state index in [1.807, 2.05) is 13.8 Å². The second-order valence-electron chi connectivity index (χ2n) is 10.6. The smallest absolute Gasteiger partial charge is 0.256 e. The summed E-state index contributed by atoms with van der Waals surface area (Å²) in [5.41, 5.74) is 1.65. The molecule has 12 nitrogen and oxygen atoms in total. The molecule has 0 bridgehead atoms. The van der Waals surface area contributed by atoms with Gasteiger partial charge in [0.15, 0.2) is 5.82 Å². The van der Waals surface area contributed by atoms with Gasteiger partial charge in [0.05, 0.1) is 34.5 Å². The first-order valence-electron chi connectivity index (χ1n) is 13.3. The number of likely N-dealkylation sites (tertiary alicyclic amines) is 1. The number of anilines is 3. The molecule has 0 aromatic carbocycles. The normalized spacial score (nSPS) is 16.8. The molecule has 2 aliphatic rings. The lowest BCUT2D eigenvalue weighted by Crippen LogP contribution is -2.37. The number of amides is 1. The fourth-order valence-electron chi connectivity index (χ4n) is 4.51. The Labute approximate surface area is 228 Å². The lowest BCUT2D eigenvalue weighted by Gasteiger charge is -2.29. The zero-order chi connectivity index (χ0) is 27.6. The van der Waals surface area contributed by atoms with Crippen LogP contribution in [-0.2, 0) is 10.0 Å². The Bertz CT molecular complexity index is 1430. The Morgan fingerprint density at radius 1 is 1.10 bits per heavy atom. The third-order valence-corrected chi connectivity index (χ3v) is 8.95. The van der Waals surface area contributed by atoms with E-state index in [0.717, 1.165) is 30.0 Å². The molecule has 0 spiro atoms. The first kappa shape index (κ1) is 27.0. The van der Waals surface area contributed by atoms with Gasteiger partial charge in [-0.3, -0.25) is 4.79 Å². The highest BCUT2D eigenvalue weighted by Gasteiger charge is 2.37. The molecular weight excluding hydrogens is 518 g/mol. The second-order valence-corrected chi connectivity index (χ2v) is 12.7. The van der Waals surface area contributed by atoms with Crippen molar-refractivity contribution in [3.05, 3.63) is 42.5 Å². The number of pyridine rings is 1. The van der Waals surface area contributed by atoms with Gasteiger partial charge in [-0.25, -0.2) is 23.4 Å². The van der Waals surface area contributed by atoms with Crippen LogP contribution < -0.4 is 16.0 Å². The number of nitrogens with one attached hydrogen (secondary N) is 3. The van der Waals surface area contributed by atoms with E-state index < -0.39 is 10.0 Å². The minimum absolute atomic E-state index is 0.106. The summed E-state index contributed by atoms with van der Waals surface area (Å²) in [5, 5.41) is 13.3. The van der Waals surface area contributed by atoms with E-state index in [4.69, 9.17) is 0 Å². The van der Waals surface area contributed by atoms with E-state index in [0.29, 0.717) is 59.6 Å². The van der Waals surface area contributed by atoms with Crippen molar-refractivity contribution in [3.63, 3.8) is 0 Å². The molecule has 0 unspecified atom stereocenters. The SMILES string of the molecule is CC(C)Nc1cc(Nc2ccnc(-c3cnn(S(=O)(=O)C4CC4)c3)n2)ncc1C(=O)NCC1CCN(C)CC1. The van der Waals surface area contributed by atoms with Crippen LogP contribution in [0.4, 0.5) is 17.3 Å². The Balaban J connectivity index is 1.29. The van der Waals surface area contributed by atoms with Crippen LogP contribution in [0.2, 0.25) is 0 Å². The minimum Gasteiger partial charge on any atom is -0.382 e. The number of aromatic nitrogens is 5. The molecule has 3 aromatic heterocycles. The van der Waals surface area contributed by atoms with Crippen LogP contribution in [0.5, 0.6) is 0 Å². The lowest BCUT2D eigenvalue weighted by atomic mass is 9.97. The standard InChI is InChI=1S/C26H35N9O3S/c1-17(2)31-22-12-24(28-15-21(22)26(36)29-13-18-7-10-34(3)11-8-18)32-23-6-9-27-25(33-23)19-14-30-35(16-19)39(37,38)20-4-5-20/h6,9,12,14-18,20H,4-5,7-8,10-11,13H2,1-3H3,(H,29,36)(H2,27,28,31,32,33). The molecule has 1 aliphatic carbocycles. The van der Waals surface area contributed by atoms with Crippen LogP contribution in [-0.4, -0.2) is 81.3 Å². The van der Waals surface area contributed by atoms with Crippen molar-refractivity contribution in [1.82, 2.24) is 34.4 Å². The Kier molecular flexibility index (Phi) is 7.80. The molecule has 3 aromatic rings. The second kappa shape index (κ2) is 11.3. The van der Waals surface area contributed by atoms with Crippen molar-refractivity contribution in [2.75, 3.05) is 37.3 Å². The molecule has 1 aliphatic heterocycles. The Morgan fingerprint density at radius 2 is 1.87 bits per heavy atom. The summed E-state index contributed by atoms with van der Waals surface area (Å²) in [4.78, 5) is 28.6. The molecule has 0 atom stereocenters.